The molecule has 2 aromatic rings. The van der Waals surface area contributed by atoms with Crippen molar-refractivity contribution in [2.75, 3.05) is 31.1 Å². The molecule has 136 valence electrons. The van der Waals surface area contributed by atoms with E-state index in [0.29, 0.717) is 11.8 Å². The maximum absolute atomic E-state index is 12.3. The lowest BCUT2D eigenvalue weighted by atomic mass is 10.2. The number of aromatic nitrogens is 2. The molecular formula is C20H24N4OS. The van der Waals surface area contributed by atoms with Crippen molar-refractivity contribution in [2.45, 2.75) is 30.0 Å². The predicted molar refractivity (Wildman–Crippen MR) is 104 cm³/mol. The van der Waals surface area contributed by atoms with Gasteiger partial charge in [-0.3, -0.25) is 9.78 Å². The molecule has 4 rings (SSSR count). The van der Waals surface area contributed by atoms with E-state index >= 15 is 0 Å². The monoisotopic (exact) mass is 368 g/mol. The van der Waals surface area contributed by atoms with Gasteiger partial charge < -0.3 is 9.80 Å². The van der Waals surface area contributed by atoms with Crippen LogP contribution in [-0.4, -0.2) is 47.0 Å². The first-order valence-electron chi connectivity index (χ1n) is 9.32. The molecule has 0 N–H and O–H groups in total. The number of thioether (sulfide) groups is 1. The summed E-state index contributed by atoms with van der Waals surface area (Å²) in [4.78, 5) is 25.8. The molecular weight excluding hydrogens is 344 g/mol. The largest absolute Gasteiger partial charge is 0.353 e. The van der Waals surface area contributed by atoms with Crippen LogP contribution in [0.15, 0.2) is 47.8 Å². The fraction of sp³-hybridized carbons (Fsp3) is 0.450. The normalized spacial score (nSPS) is 17.8. The second-order valence-corrected chi connectivity index (χ2v) is 7.93. The van der Waals surface area contributed by atoms with E-state index in [2.05, 4.69) is 34.1 Å². The topological polar surface area (TPSA) is 49.3 Å². The van der Waals surface area contributed by atoms with Gasteiger partial charge in [-0.2, -0.15) is 0 Å². The lowest BCUT2D eigenvalue weighted by Gasteiger charge is -2.23. The van der Waals surface area contributed by atoms with Crippen LogP contribution in [0.3, 0.4) is 0 Å². The maximum Gasteiger partial charge on any atom is 0.225 e. The molecule has 6 heteroatoms. The Bertz CT molecular complexity index is 750. The lowest BCUT2D eigenvalue weighted by Crippen LogP contribution is -2.36. The van der Waals surface area contributed by atoms with Gasteiger partial charge in [0.15, 0.2) is 0 Å². The van der Waals surface area contributed by atoms with Crippen LogP contribution in [0, 0.1) is 5.92 Å². The van der Waals surface area contributed by atoms with Crippen LogP contribution in [0.4, 0.5) is 5.82 Å². The first-order chi connectivity index (χ1) is 12.8. The zero-order valence-electron chi connectivity index (χ0n) is 14.9. The Hall–Kier alpha value is -2.08. The highest BCUT2D eigenvalue weighted by Gasteiger charge is 2.34. The zero-order chi connectivity index (χ0) is 17.8. The molecule has 5 nitrogen and oxygen atoms in total. The number of hydrogen-bond acceptors (Lipinski definition) is 5. The third-order valence-corrected chi connectivity index (χ3v) is 5.86. The van der Waals surface area contributed by atoms with Crippen molar-refractivity contribution in [3.8, 4) is 0 Å². The molecule has 1 aliphatic heterocycles. The Kier molecular flexibility index (Phi) is 5.39. The molecule has 0 bridgehead atoms. The first kappa shape index (κ1) is 17.3. The van der Waals surface area contributed by atoms with Gasteiger partial charge >= 0.3 is 0 Å². The minimum absolute atomic E-state index is 0.305. The third kappa shape index (κ3) is 4.36. The van der Waals surface area contributed by atoms with Crippen molar-refractivity contribution < 1.29 is 4.79 Å². The summed E-state index contributed by atoms with van der Waals surface area (Å²) < 4.78 is 0. The Balaban J connectivity index is 1.37. The molecule has 1 aromatic heterocycles. The van der Waals surface area contributed by atoms with Crippen LogP contribution < -0.4 is 4.90 Å². The van der Waals surface area contributed by atoms with Crippen LogP contribution in [0.5, 0.6) is 0 Å². The Labute approximate surface area is 158 Å². The van der Waals surface area contributed by atoms with Crippen molar-refractivity contribution in [1.29, 1.82) is 0 Å². The van der Waals surface area contributed by atoms with Gasteiger partial charge in [-0.1, -0.05) is 30.3 Å². The van der Waals surface area contributed by atoms with Gasteiger partial charge in [0.1, 0.15) is 10.8 Å². The third-order valence-electron chi connectivity index (χ3n) is 4.89. The standard InChI is InChI=1S/C20H24N4OS/c25-20(17-7-8-17)24-10-4-9-23(11-12-24)18-13-21-14-19(22-18)26-15-16-5-2-1-3-6-16/h1-3,5-6,13-14,17H,4,7-12,15H2. The molecule has 0 spiro atoms. The summed E-state index contributed by atoms with van der Waals surface area (Å²) in [5, 5.41) is 0.946. The van der Waals surface area contributed by atoms with Gasteiger partial charge in [0.05, 0.1) is 12.4 Å². The second kappa shape index (κ2) is 8.08. The van der Waals surface area contributed by atoms with Gasteiger partial charge in [-0.05, 0) is 24.8 Å². The van der Waals surface area contributed by atoms with Gasteiger partial charge in [-0.25, -0.2) is 4.98 Å². The number of anilines is 1. The molecule has 1 saturated carbocycles. The van der Waals surface area contributed by atoms with Gasteiger partial charge in [0, 0.05) is 37.8 Å². The molecule has 26 heavy (non-hydrogen) atoms. The Morgan fingerprint density at radius 1 is 1.08 bits per heavy atom. The highest BCUT2D eigenvalue weighted by atomic mass is 32.2. The summed E-state index contributed by atoms with van der Waals surface area (Å²) in [6.45, 7) is 3.41. The minimum Gasteiger partial charge on any atom is -0.353 e. The molecule has 1 aliphatic carbocycles. The van der Waals surface area contributed by atoms with E-state index in [1.807, 2.05) is 23.4 Å². The molecule has 2 aliphatic rings. The van der Waals surface area contributed by atoms with E-state index < -0.39 is 0 Å². The van der Waals surface area contributed by atoms with Crippen LogP contribution in [0.25, 0.3) is 0 Å². The maximum atomic E-state index is 12.3. The number of hydrogen-bond donors (Lipinski definition) is 0. The number of carbonyl (C=O) groups is 1. The average molecular weight is 369 g/mol. The molecule has 2 heterocycles. The SMILES string of the molecule is O=C(C1CC1)N1CCCN(c2cncc(SCc3ccccc3)n2)CC1. The summed E-state index contributed by atoms with van der Waals surface area (Å²) in [7, 11) is 0. The highest BCUT2D eigenvalue weighted by molar-refractivity contribution is 7.98. The van der Waals surface area contributed by atoms with Gasteiger partial charge in [0.2, 0.25) is 5.91 Å². The van der Waals surface area contributed by atoms with E-state index in [9.17, 15) is 4.79 Å². The number of carbonyl (C=O) groups excluding carboxylic acids is 1. The molecule has 0 unspecified atom stereocenters. The predicted octanol–water partition coefficient (Wildman–Crippen LogP) is 3.22. The van der Waals surface area contributed by atoms with Crippen LogP contribution in [0.1, 0.15) is 24.8 Å². The number of nitrogens with zero attached hydrogens (tertiary/aromatic N) is 4. The van der Waals surface area contributed by atoms with Gasteiger partial charge in [-0.15, -0.1) is 11.8 Å². The molecule has 2 fully saturated rings. The summed E-state index contributed by atoms with van der Waals surface area (Å²) in [6.07, 6.45) is 6.81. The van der Waals surface area contributed by atoms with Crippen molar-refractivity contribution in [2.24, 2.45) is 5.92 Å². The van der Waals surface area contributed by atoms with E-state index in [1.165, 1.54) is 5.56 Å². The van der Waals surface area contributed by atoms with E-state index in [4.69, 9.17) is 4.98 Å². The van der Waals surface area contributed by atoms with Crippen LogP contribution >= 0.6 is 11.8 Å². The van der Waals surface area contributed by atoms with Gasteiger partial charge in [0.25, 0.3) is 0 Å². The summed E-state index contributed by atoms with van der Waals surface area (Å²) in [6, 6.07) is 10.4. The first-order valence-corrected chi connectivity index (χ1v) is 10.3. The summed E-state index contributed by atoms with van der Waals surface area (Å²) in [5.41, 5.74) is 1.29. The summed E-state index contributed by atoms with van der Waals surface area (Å²) >= 11 is 1.71. The molecule has 1 amide bonds. The average Bonchev–Trinajstić information content (AvgIpc) is 3.53. The van der Waals surface area contributed by atoms with Crippen LogP contribution in [0.2, 0.25) is 0 Å². The van der Waals surface area contributed by atoms with Crippen molar-refractivity contribution in [1.82, 2.24) is 14.9 Å². The van der Waals surface area contributed by atoms with Crippen molar-refractivity contribution in [3.63, 3.8) is 0 Å². The van der Waals surface area contributed by atoms with Crippen molar-refractivity contribution in [3.05, 3.63) is 48.3 Å². The highest BCUT2D eigenvalue weighted by Crippen LogP contribution is 2.31. The lowest BCUT2D eigenvalue weighted by molar-refractivity contribution is -0.132. The number of rotatable bonds is 5. The van der Waals surface area contributed by atoms with Crippen LogP contribution in [-0.2, 0) is 10.5 Å². The quantitative estimate of drug-likeness (QED) is 0.759. The minimum atomic E-state index is 0.305. The van der Waals surface area contributed by atoms with E-state index in [0.717, 1.165) is 62.0 Å². The zero-order valence-corrected chi connectivity index (χ0v) is 15.7. The molecule has 0 atom stereocenters. The van der Waals surface area contributed by atoms with Crippen molar-refractivity contribution >= 4 is 23.5 Å². The fourth-order valence-electron chi connectivity index (χ4n) is 3.25. The smallest absolute Gasteiger partial charge is 0.225 e. The molecule has 1 saturated heterocycles. The second-order valence-electron chi connectivity index (χ2n) is 6.93. The summed E-state index contributed by atoms with van der Waals surface area (Å²) in [5.74, 6) is 2.47. The Morgan fingerprint density at radius 2 is 1.92 bits per heavy atom. The molecule has 1 aromatic carbocycles. The number of benzene rings is 1. The van der Waals surface area contributed by atoms with E-state index in [-0.39, 0.29) is 0 Å². The Morgan fingerprint density at radius 3 is 2.73 bits per heavy atom. The fourth-order valence-corrected chi connectivity index (χ4v) is 4.05. The number of amides is 1. The molecule has 0 radical (unpaired) electrons. The van der Waals surface area contributed by atoms with E-state index in [1.54, 1.807) is 11.8 Å².